The van der Waals surface area contributed by atoms with Crippen molar-refractivity contribution in [3.05, 3.63) is 73.3 Å². The number of amides is 3. The Morgan fingerprint density at radius 1 is 0.895 bits per heavy atom. The van der Waals surface area contributed by atoms with E-state index < -0.39 is 44.3 Å². The molecule has 0 saturated carbocycles. The quantitative estimate of drug-likeness (QED) is 0.116. The standard InChI is InChI=1S/C22H32BN5O4.C8H15N3.C7H11BN2O4/c1-22(2,26-12-11-24-17-26)9-10-25-20(29)19-15-27(23(3)31)13-14-28(19)21(30)32-16-18-7-5-4-6-8-18;1-8(2,3-4-9)11-6-5-10-7-11;1-8(13)9-2-3-10-5(4-9)6(11)14-7(10)12/h4-8,11-12,17,19,31H,9-10,13-16H2,1-3H3,(H,25,29);5-7H,3-4,9H2,1-2H3;5,13H,2-4H2,1H3/t19-;;5-/m1.1/s1. The number of nitrogens with two attached hydrogens (primary N) is 1. The molecule has 3 aliphatic rings. The highest BCUT2D eigenvalue weighted by molar-refractivity contribution is 6.45. The van der Waals surface area contributed by atoms with Gasteiger partial charge in [-0.15, -0.1) is 0 Å². The third-order valence-electron chi connectivity index (χ3n) is 10.5. The summed E-state index contributed by atoms with van der Waals surface area (Å²) in [6.45, 7) is 15.4. The van der Waals surface area contributed by atoms with Gasteiger partial charge in [0.05, 0.1) is 12.7 Å². The van der Waals surface area contributed by atoms with Gasteiger partial charge in [0, 0.05) is 81.7 Å². The second kappa shape index (κ2) is 20.6. The highest BCUT2D eigenvalue weighted by Gasteiger charge is 2.45. The van der Waals surface area contributed by atoms with Crippen LogP contribution in [0.25, 0.3) is 0 Å². The normalized spacial score (nSPS) is 18.7. The molecule has 310 valence electrons. The maximum absolute atomic E-state index is 13.0. The summed E-state index contributed by atoms with van der Waals surface area (Å²) in [5, 5.41) is 22.3. The minimum Gasteiger partial charge on any atom is -0.445 e. The molecule has 5 N–H and O–H groups in total. The van der Waals surface area contributed by atoms with Gasteiger partial charge in [-0.2, -0.15) is 0 Å². The molecular formula is C37H58B2N10O8. The van der Waals surface area contributed by atoms with Crippen molar-refractivity contribution in [2.24, 2.45) is 5.73 Å². The number of imidazole rings is 2. The van der Waals surface area contributed by atoms with Crippen molar-refractivity contribution >= 4 is 38.2 Å². The van der Waals surface area contributed by atoms with Gasteiger partial charge >= 0.3 is 32.3 Å². The summed E-state index contributed by atoms with van der Waals surface area (Å²) >= 11 is 0. The molecule has 20 heteroatoms. The molecule has 1 aromatic carbocycles. The zero-order chi connectivity index (χ0) is 41.8. The van der Waals surface area contributed by atoms with Crippen LogP contribution in [0.2, 0.25) is 13.6 Å². The number of ether oxygens (including phenoxy) is 2. The van der Waals surface area contributed by atoms with Crippen molar-refractivity contribution in [3.63, 3.8) is 0 Å². The zero-order valence-electron chi connectivity index (χ0n) is 33.9. The van der Waals surface area contributed by atoms with Crippen molar-refractivity contribution in [1.82, 2.24) is 43.8 Å². The van der Waals surface area contributed by atoms with Crippen LogP contribution in [-0.2, 0) is 36.7 Å². The Bertz CT molecular complexity index is 1710. The van der Waals surface area contributed by atoms with E-state index in [0.29, 0.717) is 52.2 Å². The number of nitrogens with one attached hydrogen (secondary N) is 1. The van der Waals surface area contributed by atoms with Crippen LogP contribution in [0.3, 0.4) is 0 Å². The van der Waals surface area contributed by atoms with Crippen LogP contribution in [0.5, 0.6) is 0 Å². The first-order valence-corrected chi connectivity index (χ1v) is 19.3. The van der Waals surface area contributed by atoms with Gasteiger partial charge in [-0.25, -0.2) is 24.4 Å². The smallest absolute Gasteiger partial charge is 0.418 e. The van der Waals surface area contributed by atoms with Crippen molar-refractivity contribution in [2.45, 2.75) is 84.0 Å². The maximum atomic E-state index is 13.0. The van der Waals surface area contributed by atoms with Crippen LogP contribution in [0, 0.1) is 0 Å². The van der Waals surface area contributed by atoms with Crippen LogP contribution in [0.15, 0.2) is 67.8 Å². The highest BCUT2D eigenvalue weighted by Crippen LogP contribution is 2.21. The first kappa shape index (κ1) is 45.0. The molecule has 2 aromatic heterocycles. The molecular weight excluding hydrogens is 734 g/mol. The fourth-order valence-electron chi connectivity index (χ4n) is 6.62. The monoisotopic (exact) mass is 792 g/mol. The van der Waals surface area contributed by atoms with E-state index in [4.69, 9.17) is 10.5 Å². The molecule has 3 saturated heterocycles. The minimum atomic E-state index is -0.738. The molecule has 0 aliphatic carbocycles. The summed E-state index contributed by atoms with van der Waals surface area (Å²) in [5.74, 6) is -0.770. The Balaban J connectivity index is 0.000000234. The van der Waals surface area contributed by atoms with Crippen LogP contribution >= 0.6 is 0 Å². The molecule has 0 radical (unpaired) electrons. The number of cyclic esters (lactones) is 2. The fourth-order valence-corrected chi connectivity index (χ4v) is 6.62. The zero-order valence-corrected chi connectivity index (χ0v) is 33.9. The Kier molecular flexibility index (Phi) is 16.3. The summed E-state index contributed by atoms with van der Waals surface area (Å²) in [5.41, 5.74) is 6.26. The van der Waals surface area contributed by atoms with E-state index in [1.807, 2.05) is 53.6 Å². The topological polar surface area (TPSA) is 214 Å². The number of fused-ring (bicyclic) bond motifs is 1. The van der Waals surface area contributed by atoms with Crippen molar-refractivity contribution in [2.75, 3.05) is 52.4 Å². The van der Waals surface area contributed by atoms with E-state index in [1.54, 1.807) is 42.0 Å². The van der Waals surface area contributed by atoms with Crippen LogP contribution in [0.4, 0.5) is 9.59 Å². The molecule has 57 heavy (non-hydrogen) atoms. The van der Waals surface area contributed by atoms with Crippen molar-refractivity contribution in [3.8, 4) is 0 Å². The van der Waals surface area contributed by atoms with Gasteiger partial charge in [-0.05, 0) is 66.3 Å². The molecule has 3 aromatic rings. The summed E-state index contributed by atoms with van der Waals surface area (Å²) in [6, 6.07) is 8.15. The molecule has 3 aliphatic heterocycles. The first-order valence-electron chi connectivity index (χ1n) is 19.3. The summed E-state index contributed by atoms with van der Waals surface area (Å²) in [4.78, 5) is 62.6. The summed E-state index contributed by atoms with van der Waals surface area (Å²) < 4.78 is 14.0. The number of benzene rings is 1. The van der Waals surface area contributed by atoms with E-state index in [0.717, 1.165) is 12.0 Å². The van der Waals surface area contributed by atoms with Gasteiger partial charge in [-0.1, -0.05) is 30.3 Å². The van der Waals surface area contributed by atoms with Gasteiger partial charge in [0.25, 0.3) is 0 Å². The largest absolute Gasteiger partial charge is 0.445 e. The van der Waals surface area contributed by atoms with Crippen molar-refractivity contribution < 1.29 is 38.7 Å². The van der Waals surface area contributed by atoms with Gasteiger partial charge in [0.1, 0.15) is 18.7 Å². The number of piperazine rings is 2. The number of hydrogen-bond acceptors (Lipinski definition) is 13. The average molecular weight is 793 g/mol. The average Bonchev–Trinajstić information content (AvgIpc) is 3.98. The molecule has 6 rings (SSSR count). The minimum absolute atomic E-state index is 0.102. The number of nitrogens with zero attached hydrogens (tertiary/aromatic N) is 8. The first-order chi connectivity index (χ1) is 27.0. The molecule has 5 heterocycles. The fraction of sp³-hybridized carbons (Fsp3) is 0.568. The Hall–Kier alpha value is -4.75. The summed E-state index contributed by atoms with van der Waals surface area (Å²) in [6.07, 6.45) is 11.5. The molecule has 0 spiro atoms. The third-order valence-corrected chi connectivity index (χ3v) is 10.5. The lowest BCUT2D eigenvalue weighted by Gasteiger charge is -2.40. The SMILES string of the molecule is CB(O)N1CCN(C(=O)OCc2ccccc2)[C@@H](C(=O)NCCC(C)(C)n2ccnc2)C1.CB(O)N1CCN2C(=O)OC(=O)[C@H]2C1.CC(C)(CCN)n1ccnc1. The predicted octanol–water partition coefficient (Wildman–Crippen LogP) is 1.28. The number of carbonyl (C=O) groups excluding carboxylic acids is 4. The van der Waals surface area contributed by atoms with E-state index in [-0.39, 0.29) is 30.1 Å². The van der Waals surface area contributed by atoms with Gasteiger partial charge < -0.3 is 49.3 Å². The highest BCUT2D eigenvalue weighted by atomic mass is 16.6. The molecule has 3 amide bonds. The van der Waals surface area contributed by atoms with E-state index >= 15 is 0 Å². The lowest BCUT2D eigenvalue weighted by Crippen LogP contribution is -2.63. The van der Waals surface area contributed by atoms with Gasteiger partial charge in [0.15, 0.2) is 0 Å². The number of carbonyl (C=O) groups is 4. The lowest BCUT2D eigenvalue weighted by atomic mass is 9.83. The molecule has 0 bridgehead atoms. The van der Waals surface area contributed by atoms with Crippen molar-refractivity contribution in [1.29, 1.82) is 0 Å². The predicted molar refractivity (Wildman–Crippen MR) is 214 cm³/mol. The molecule has 0 unspecified atom stereocenters. The Morgan fingerprint density at radius 3 is 2.04 bits per heavy atom. The second-order valence-electron chi connectivity index (χ2n) is 15.5. The number of hydrogen-bond donors (Lipinski definition) is 4. The van der Waals surface area contributed by atoms with E-state index in [1.165, 1.54) is 9.80 Å². The lowest BCUT2D eigenvalue weighted by molar-refractivity contribution is -0.136. The molecule has 3 fully saturated rings. The van der Waals surface area contributed by atoms with Gasteiger partial charge in [0.2, 0.25) is 5.91 Å². The number of rotatable bonds is 12. The van der Waals surface area contributed by atoms with Gasteiger partial charge in [-0.3, -0.25) is 14.6 Å². The van der Waals surface area contributed by atoms with Crippen LogP contribution in [-0.4, -0.2) is 151 Å². The van der Waals surface area contributed by atoms with Crippen LogP contribution < -0.4 is 11.1 Å². The Morgan fingerprint density at radius 2 is 1.47 bits per heavy atom. The molecule has 18 nitrogen and oxygen atoms in total. The molecule has 2 atom stereocenters. The number of aromatic nitrogens is 4. The maximum Gasteiger partial charge on any atom is 0.418 e. The third kappa shape index (κ3) is 12.6. The van der Waals surface area contributed by atoms with E-state index in [9.17, 15) is 29.2 Å². The van der Waals surface area contributed by atoms with Crippen LogP contribution in [0.1, 0.15) is 46.1 Å². The van der Waals surface area contributed by atoms with E-state index in [2.05, 4.69) is 52.3 Å². The number of esters is 1. The Labute approximate surface area is 335 Å². The second-order valence-corrected chi connectivity index (χ2v) is 15.5. The summed E-state index contributed by atoms with van der Waals surface area (Å²) in [7, 11) is -1.30.